The largest absolute Gasteiger partial charge is 0.383 e. The summed E-state index contributed by atoms with van der Waals surface area (Å²) in [6.07, 6.45) is 6.51. The second-order valence-electron chi connectivity index (χ2n) is 6.63. The molecule has 3 heteroatoms. The van der Waals surface area contributed by atoms with E-state index in [-0.39, 0.29) is 0 Å². The monoisotopic (exact) mass is 270 g/mol. The Morgan fingerprint density at radius 3 is 2.74 bits per heavy atom. The maximum Gasteiger partial charge on any atom is 0.0589 e. The summed E-state index contributed by atoms with van der Waals surface area (Å²) in [5.41, 5.74) is 6.50. The topological polar surface area (TPSA) is 38.5 Å². The molecule has 3 unspecified atom stereocenters. The van der Waals surface area contributed by atoms with E-state index in [4.69, 9.17) is 10.5 Å². The molecule has 1 rings (SSSR count). The van der Waals surface area contributed by atoms with Crippen molar-refractivity contribution in [2.75, 3.05) is 33.4 Å². The molecule has 3 nitrogen and oxygen atoms in total. The number of nitrogens with two attached hydrogens (primary N) is 1. The maximum atomic E-state index is 6.16. The average molecular weight is 270 g/mol. The maximum absolute atomic E-state index is 6.16. The number of rotatable bonds is 8. The summed E-state index contributed by atoms with van der Waals surface area (Å²) in [6.45, 7) is 10.8. The molecule has 1 fully saturated rings. The fourth-order valence-electron chi connectivity index (χ4n) is 3.52. The Kier molecular flexibility index (Phi) is 7.33. The molecule has 1 aliphatic rings. The minimum atomic E-state index is 0.342. The molecule has 1 saturated carbocycles. The molecule has 0 aromatic rings. The van der Waals surface area contributed by atoms with Gasteiger partial charge in [0.2, 0.25) is 0 Å². The van der Waals surface area contributed by atoms with E-state index in [1.165, 1.54) is 32.1 Å². The Bertz CT molecular complexity index is 247. The van der Waals surface area contributed by atoms with Gasteiger partial charge in [-0.3, -0.25) is 4.90 Å². The molecule has 114 valence electrons. The van der Waals surface area contributed by atoms with Crippen LogP contribution in [0.5, 0.6) is 0 Å². The third kappa shape index (κ3) is 5.05. The predicted octanol–water partition coefficient (Wildman–Crippen LogP) is 2.89. The molecular weight excluding hydrogens is 236 g/mol. The Hall–Kier alpha value is -0.120. The first-order valence-electron chi connectivity index (χ1n) is 8.00. The molecule has 0 radical (unpaired) electrons. The van der Waals surface area contributed by atoms with E-state index < -0.39 is 0 Å². The first kappa shape index (κ1) is 16.9. The highest BCUT2D eigenvalue weighted by atomic mass is 16.5. The lowest BCUT2D eigenvalue weighted by atomic mass is 9.69. The van der Waals surface area contributed by atoms with Crippen molar-refractivity contribution in [3.05, 3.63) is 0 Å². The van der Waals surface area contributed by atoms with Gasteiger partial charge in [0.05, 0.1) is 6.61 Å². The lowest BCUT2D eigenvalue weighted by Gasteiger charge is -2.44. The van der Waals surface area contributed by atoms with Crippen LogP contribution in [0.25, 0.3) is 0 Å². The predicted molar refractivity (Wildman–Crippen MR) is 82.3 cm³/mol. The second-order valence-corrected chi connectivity index (χ2v) is 6.63. The third-order valence-corrected chi connectivity index (χ3v) is 4.95. The zero-order valence-electron chi connectivity index (χ0n) is 13.5. The van der Waals surface area contributed by atoms with Gasteiger partial charge in [-0.2, -0.15) is 0 Å². The Balaban J connectivity index is 2.67. The number of nitrogens with zero attached hydrogens (tertiary/aromatic N) is 1. The molecule has 19 heavy (non-hydrogen) atoms. The molecule has 0 aromatic heterocycles. The third-order valence-electron chi connectivity index (χ3n) is 4.95. The minimum absolute atomic E-state index is 0.342. The van der Waals surface area contributed by atoms with Crippen molar-refractivity contribution in [3.8, 4) is 0 Å². The van der Waals surface area contributed by atoms with Crippen LogP contribution < -0.4 is 5.73 Å². The first-order chi connectivity index (χ1) is 9.06. The van der Waals surface area contributed by atoms with E-state index in [0.717, 1.165) is 32.2 Å². The van der Waals surface area contributed by atoms with Gasteiger partial charge < -0.3 is 10.5 Å². The first-order valence-corrected chi connectivity index (χ1v) is 8.00. The fraction of sp³-hybridized carbons (Fsp3) is 1.00. The van der Waals surface area contributed by atoms with Crippen molar-refractivity contribution in [1.82, 2.24) is 4.90 Å². The van der Waals surface area contributed by atoms with E-state index in [2.05, 4.69) is 25.7 Å². The molecule has 0 amide bonds. The normalized spacial score (nSPS) is 29.7. The van der Waals surface area contributed by atoms with E-state index in [1.807, 2.05) is 0 Å². The van der Waals surface area contributed by atoms with Crippen LogP contribution in [0.4, 0.5) is 0 Å². The van der Waals surface area contributed by atoms with Crippen LogP contribution in [0, 0.1) is 11.3 Å². The van der Waals surface area contributed by atoms with Gasteiger partial charge in [-0.05, 0) is 44.1 Å². The van der Waals surface area contributed by atoms with Gasteiger partial charge in [0.1, 0.15) is 0 Å². The van der Waals surface area contributed by atoms with Crippen LogP contribution in [0.1, 0.15) is 52.9 Å². The zero-order chi connectivity index (χ0) is 14.3. The standard InChI is InChI=1S/C16H34N2O/c1-5-15(3)18(9-10-19-4)13-16(12-17)8-6-7-14(2)11-16/h14-15H,5-13,17H2,1-4H3. The van der Waals surface area contributed by atoms with Crippen LogP contribution in [0.15, 0.2) is 0 Å². The van der Waals surface area contributed by atoms with Crippen molar-refractivity contribution in [1.29, 1.82) is 0 Å². The smallest absolute Gasteiger partial charge is 0.0589 e. The minimum Gasteiger partial charge on any atom is -0.383 e. The highest BCUT2D eigenvalue weighted by Gasteiger charge is 2.36. The molecular formula is C16H34N2O. The average Bonchev–Trinajstić information content (AvgIpc) is 2.42. The Labute approximate surface area is 119 Å². The SMILES string of the molecule is CCC(C)N(CCOC)CC1(CN)CCCC(C)C1. The second kappa shape index (κ2) is 8.23. The molecule has 0 aliphatic heterocycles. The number of hydrogen-bond acceptors (Lipinski definition) is 3. The molecule has 0 saturated heterocycles. The lowest BCUT2D eigenvalue weighted by Crippen LogP contribution is -2.48. The summed E-state index contributed by atoms with van der Waals surface area (Å²) in [5, 5.41) is 0. The van der Waals surface area contributed by atoms with Crippen molar-refractivity contribution in [2.24, 2.45) is 17.1 Å². The van der Waals surface area contributed by atoms with Crippen LogP contribution in [0.3, 0.4) is 0 Å². The van der Waals surface area contributed by atoms with Crippen molar-refractivity contribution >= 4 is 0 Å². The van der Waals surface area contributed by atoms with Gasteiger partial charge in [-0.1, -0.05) is 26.7 Å². The molecule has 1 aliphatic carbocycles. The summed E-state index contributed by atoms with van der Waals surface area (Å²) in [6, 6.07) is 0.621. The van der Waals surface area contributed by atoms with Gasteiger partial charge in [-0.25, -0.2) is 0 Å². The highest BCUT2D eigenvalue weighted by molar-refractivity contribution is 4.89. The van der Waals surface area contributed by atoms with Gasteiger partial charge in [0, 0.05) is 26.2 Å². The van der Waals surface area contributed by atoms with E-state index in [9.17, 15) is 0 Å². The van der Waals surface area contributed by atoms with Gasteiger partial charge in [0.25, 0.3) is 0 Å². The van der Waals surface area contributed by atoms with Gasteiger partial charge >= 0.3 is 0 Å². The van der Waals surface area contributed by atoms with Crippen molar-refractivity contribution in [3.63, 3.8) is 0 Å². The molecule has 0 aromatic carbocycles. The summed E-state index contributed by atoms with van der Waals surface area (Å²) in [4.78, 5) is 2.59. The molecule has 0 spiro atoms. The summed E-state index contributed by atoms with van der Waals surface area (Å²) >= 11 is 0. The van der Waals surface area contributed by atoms with E-state index in [0.29, 0.717) is 11.5 Å². The number of hydrogen-bond donors (Lipinski definition) is 1. The fourth-order valence-corrected chi connectivity index (χ4v) is 3.52. The highest BCUT2D eigenvalue weighted by Crippen LogP contribution is 2.39. The summed E-state index contributed by atoms with van der Waals surface area (Å²) in [7, 11) is 1.79. The molecule has 2 N–H and O–H groups in total. The van der Waals surface area contributed by atoms with Crippen LogP contribution in [0.2, 0.25) is 0 Å². The zero-order valence-corrected chi connectivity index (χ0v) is 13.5. The Morgan fingerprint density at radius 2 is 2.21 bits per heavy atom. The van der Waals surface area contributed by atoms with Crippen LogP contribution in [-0.2, 0) is 4.74 Å². The van der Waals surface area contributed by atoms with Crippen LogP contribution in [-0.4, -0.2) is 44.3 Å². The number of ether oxygens (including phenoxy) is 1. The molecule has 0 bridgehead atoms. The number of methoxy groups -OCH3 is 1. The van der Waals surface area contributed by atoms with Crippen molar-refractivity contribution < 1.29 is 4.74 Å². The lowest BCUT2D eigenvalue weighted by molar-refractivity contribution is 0.0487. The quantitative estimate of drug-likeness (QED) is 0.737. The summed E-state index contributed by atoms with van der Waals surface area (Å²) < 4.78 is 5.27. The van der Waals surface area contributed by atoms with E-state index in [1.54, 1.807) is 7.11 Å². The molecule has 3 atom stereocenters. The van der Waals surface area contributed by atoms with Gasteiger partial charge in [-0.15, -0.1) is 0 Å². The van der Waals surface area contributed by atoms with Gasteiger partial charge in [0.15, 0.2) is 0 Å². The van der Waals surface area contributed by atoms with E-state index >= 15 is 0 Å². The summed E-state index contributed by atoms with van der Waals surface area (Å²) in [5.74, 6) is 0.832. The molecule has 0 heterocycles. The van der Waals surface area contributed by atoms with Crippen LogP contribution >= 0.6 is 0 Å². The van der Waals surface area contributed by atoms with Crippen molar-refractivity contribution in [2.45, 2.75) is 58.9 Å². The Morgan fingerprint density at radius 1 is 1.47 bits per heavy atom.